The van der Waals surface area contributed by atoms with Crippen LogP contribution in [0.15, 0.2) is 45.9 Å². The predicted molar refractivity (Wildman–Crippen MR) is 95.4 cm³/mol. The molecule has 0 aliphatic carbocycles. The van der Waals surface area contributed by atoms with Gasteiger partial charge in [-0.15, -0.1) is 11.3 Å². The van der Waals surface area contributed by atoms with Crippen LogP contribution in [0.25, 0.3) is 21.1 Å². The van der Waals surface area contributed by atoms with E-state index >= 15 is 0 Å². The van der Waals surface area contributed by atoms with Gasteiger partial charge in [0.05, 0.1) is 32.0 Å². The Balaban J connectivity index is 1.90. The van der Waals surface area contributed by atoms with Gasteiger partial charge in [0, 0.05) is 18.1 Å². The number of aromatic nitrogens is 4. The van der Waals surface area contributed by atoms with E-state index in [0.717, 1.165) is 15.9 Å². The third kappa shape index (κ3) is 2.57. The van der Waals surface area contributed by atoms with E-state index in [0.29, 0.717) is 16.7 Å². The van der Waals surface area contributed by atoms with Crippen LogP contribution in [0.4, 0.5) is 11.5 Å². The van der Waals surface area contributed by atoms with Crippen molar-refractivity contribution in [2.24, 2.45) is 0 Å². The van der Waals surface area contributed by atoms with E-state index in [2.05, 4.69) is 25.3 Å². The largest absolute Gasteiger partial charge is 0.339 e. The normalized spacial score (nSPS) is 12.5. The molecule has 1 unspecified atom stereocenters. The smallest absolute Gasteiger partial charge is 0.261 e. The van der Waals surface area contributed by atoms with Crippen molar-refractivity contribution in [3.63, 3.8) is 0 Å². The zero-order valence-corrected chi connectivity index (χ0v) is 14.1. The van der Waals surface area contributed by atoms with Crippen LogP contribution >= 0.6 is 11.3 Å². The molecule has 0 saturated heterocycles. The van der Waals surface area contributed by atoms with E-state index in [1.807, 2.05) is 18.2 Å². The molecule has 24 heavy (non-hydrogen) atoms. The molecule has 0 radical (unpaired) electrons. The average Bonchev–Trinajstić information content (AvgIpc) is 3.02. The first-order chi connectivity index (χ1) is 11.6. The number of rotatable bonds is 3. The molecule has 0 amide bonds. The molecule has 0 aliphatic rings. The molecule has 0 fully saturated rings. The van der Waals surface area contributed by atoms with Crippen LogP contribution in [0.1, 0.15) is 0 Å². The van der Waals surface area contributed by atoms with E-state index in [4.69, 9.17) is 0 Å². The highest BCUT2D eigenvalue weighted by atomic mass is 32.2. The van der Waals surface area contributed by atoms with Gasteiger partial charge in [0.2, 0.25) is 5.16 Å². The van der Waals surface area contributed by atoms with E-state index in [1.54, 1.807) is 11.6 Å². The van der Waals surface area contributed by atoms with E-state index in [-0.39, 0.29) is 10.7 Å². The van der Waals surface area contributed by atoms with Crippen LogP contribution in [0.2, 0.25) is 0 Å². The molecule has 1 aromatic carbocycles. The molecule has 0 aliphatic heterocycles. The average molecular weight is 357 g/mol. The Morgan fingerprint density at radius 1 is 1.21 bits per heavy atom. The summed E-state index contributed by atoms with van der Waals surface area (Å²) in [5.41, 5.74) is 3.59. The van der Waals surface area contributed by atoms with Gasteiger partial charge in [-0.1, -0.05) is 0 Å². The second-order valence-corrected chi connectivity index (χ2v) is 7.20. The van der Waals surface area contributed by atoms with Gasteiger partial charge in [0.15, 0.2) is 0 Å². The van der Waals surface area contributed by atoms with Gasteiger partial charge in [-0.2, -0.15) is 0 Å². The quantitative estimate of drug-likeness (QED) is 0.546. The van der Waals surface area contributed by atoms with Gasteiger partial charge in [0.1, 0.15) is 11.2 Å². The number of H-pyrrole nitrogens is 1. The molecule has 0 spiro atoms. The summed E-state index contributed by atoms with van der Waals surface area (Å²) in [6, 6.07) is 7.34. The fourth-order valence-electron chi connectivity index (χ4n) is 2.36. The van der Waals surface area contributed by atoms with Crippen molar-refractivity contribution in [1.82, 2.24) is 19.9 Å². The van der Waals surface area contributed by atoms with Gasteiger partial charge in [-0.25, -0.2) is 15.0 Å². The monoisotopic (exact) mass is 357 g/mol. The first-order valence-electron chi connectivity index (χ1n) is 6.95. The number of aromatic amines is 1. The molecule has 120 valence electrons. The second kappa shape index (κ2) is 5.77. The van der Waals surface area contributed by atoms with Crippen molar-refractivity contribution in [1.29, 1.82) is 0 Å². The summed E-state index contributed by atoms with van der Waals surface area (Å²) in [5, 5.41) is 3.64. The van der Waals surface area contributed by atoms with Crippen LogP contribution in [-0.4, -0.2) is 30.4 Å². The highest BCUT2D eigenvalue weighted by molar-refractivity contribution is 7.84. The van der Waals surface area contributed by atoms with E-state index < -0.39 is 10.8 Å². The maximum atomic E-state index is 12.2. The lowest BCUT2D eigenvalue weighted by atomic mass is 10.2. The van der Waals surface area contributed by atoms with Crippen molar-refractivity contribution in [3.8, 4) is 0 Å². The molecule has 9 heteroatoms. The molecule has 3 heterocycles. The van der Waals surface area contributed by atoms with Gasteiger partial charge in [-0.3, -0.25) is 9.00 Å². The van der Waals surface area contributed by atoms with Crippen LogP contribution in [0, 0.1) is 0 Å². The number of anilines is 2. The van der Waals surface area contributed by atoms with Crippen LogP contribution < -0.4 is 10.9 Å². The summed E-state index contributed by atoms with van der Waals surface area (Å²) in [6.45, 7) is 0. The number of nitrogens with zero attached hydrogens (tertiary/aromatic N) is 3. The minimum atomic E-state index is -1.36. The molecule has 3 aromatic heterocycles. The molecule has 4 rings (SSSR count). The number of fused-ring (bicyclic) bond motifs is 2. The fraction of sp³-hybridized carbons (Fsp3) is 0.0667. The minimum absolute atomic E-state index is 0.175. The molecular formula is C15H11N5O2S2. The van der Waals surface area contributed by atoms with Crippen LogP contribution in [0.3, 0.4) is 0 Å². The zero-order valence-electron chi connectivity index (χ0n) is 12.4. The molecular weight excluding hydrogens is 346 g/mol. The first kappa shape index (κ1) is 14.9. The Morgan fingerprint density at radius 2 is 2.08 bits per heavy atom. The van der Waals surface area contributed by atoms with E-state index in [1.165, 1.54) is 23.8 Å². The third-order valence-corrected chi connectivity index (χ3v) is 4.94. The fourth-order valence-corrected chi connectivity index (χ4v) is 3.52. The summed E-state index contributed by atoms with van der Waals surface area (Å²) in [7, 11) is -1.36. The standard InChI is InChI=1S/C15H11N5O2S2/c1-24(22)15-19-10-4-5-16-14(21)12(10)13(20-15)18-8-2-3-9-11(6-8)23-7-17-9/h2-7H,1H3,(H,16,21)(H,18,19,20). The topological polar surface area (TPSA) is 101 Å². The number of benzene rings is 1. The number of thiazole rings is 1. The zero-order chi connectivity index (χ0) is 16.7. The Morgan fingerprint density at radius 3 is 2.92 bits per heavy atom. The molecule has 7 nitrogen and oxygen atoms in total. The van der Waals surface area contributed by atoms with E-state index in [9.17, 15) is 9.00 Å². The summed E-state index contributed by atoms with van der Waals surface area (Å²) >= 11 is 1.53. The lowest BCUT2D eigenvalue weighted by molar-refractivity contribution is 0.680. The predicted octanol–water partition coefficient (Wildman–Crippen LogP) is 2.41. The Bertz CT molecular complexity index is 1150. The summed E-state index contributed by atoms with van der Waals surface area (Å²) < 4.78 is 12.8. The Labute approximate surface area is 142 Å². The highest BCUT2D eigenvalue weighted by Gasteiger charge is 2.13. The molecule has 2 N–H and O–H groups in total. The first-order valence-corrected chi connectivity index (χ1v) is 9.39. The summed E-state index contributed by atoms with van der Waals surface area (Å²) in [5.74, 6) is 0.330. The van der Waals surface area contributed by atoms with Crippen molar-refractivity contribution in [2.75, 3.05) is 11.6 Å². The number of pyridine rings is 1. The van der Waals surface area contributed by atoms with Crippen molar-refractivity contribution in [2.45, 2.75) is 5.16 Å². The SMILES string of the molecule is CS(=O)c1nc(Nc2ccc3ncsc3c2)c2c(=O)[nH]ccc2n1. The van der Waals surface area contributed by atoms with Crippen molar-refractivity contribution >= 4 is 54.8 Å². The molecule has 4 aromatic rings. The number of nitrogens with one attached hydrogen (secondary N) is 2. The molecule has 0 bridgehead atoms. The number of hydrogen-bond acceptors (Lipinski definition) is 7. The highest BCUT2D eigenvalue weighted by Crippen LogP contribution is 2.26. The molecule has 0 saturated carbocycles. The Kier molecular flexibility index (Phi) is 3.58. The van der Waals surface area contributed by atoms with Crippen LogP contribution in [-0.2, 0) is 10.8 Å². The summed E-state index contributed by atoms with van der Waals surface area (Å²) in [6.07, 6.45) is 3.01. The second-order valence-electron chi connectivity index (χ2n) is 5.04. The van der Waals surface area contributed by atoms with Crippen molar-refractivity contribution < 1.29 is 4.21 Å². The van der Waals surface area contributed by atoms with Gasteiger partial charge in [0.25, 0.3) is 5.56 Å². The lowest BCUT2D eigenvalue weighted by Gasteiger charge is -2.09. The van der Waals surface area contributed by atoms with Crippen molar-refractivity contribution in [3.05, 3.63) is 46.3 Å². The molecule has 1 atom stereocenters. The van der Waals surface area contributed by atoms with Gasteiger partial charge in [-0.05, 0) is 24.3 Å². The minimum Gasteiger partial charge on any atom is -0.339 e. The van der Waals surface area contributed by atoms with Crippen LogP contribution in [0.5, 0.6) is 0 Å². The number of hydrogen-bond donors (Lipinski definition) is 2. The maximum Gasteiger partial charge on any atom is 0.261 e. The lowest BCUT2D eigenvalue weighted by Crippen LogP contribution is -2.11. The third-order valence-electron chi connectivity index (χ3n) is 3.45. The van der Waals surface area contributed by atoms with Gasteiger partial charge < -0.3 is 10.3 Å². The maximum absolute atomic E-state index is 12.2. The Hall–Kier alpha value is -2.65. The summed E-state index contributed by atoms with van der Waals surface area (Å²) in [4.78, 5) is 27.5. The van der Waals surface area contributed by atoms with Gasteiger partial charge >= 0.3 is 0 Å².